The number of hydrogen-bond acceptors (Lipinski definition) is 3. The number of amides is 1. The highest BCUT2D eigenvalue weighted by atomic mass is 35.5. The van der Waals surface area contributed by atoms with Crippen molar-refractivity contribution >= 4 is 29.3 Å². The molecule has 0 aliphatic rings. The van der Waals surface area contributed by atoms with Crippen molar-refractivity contribution in [2.45, 2.75) is 20.8 Å². The van der Waals surface area contributed by atoms with E-state index in [9.17, 15) is 4.79 Å². The molecule has 2 rings (SSSR count). The number of anilines is 1. The fourth-order valence-corrected chi connectivity index (χ4v) is 2.79. The highest BCUT2D eigenvalue weighted by Gasteiger charge is 2.11. The number of hydrogen-bond donors (Lipinski definition) is 1. The first kappa shape index (κ1) is 18.9. The molecule has 2 aromatic carbocycles. The van der Waals surface area contributed by atoms with Gasteiger partial charge in [-0.15, -0.1) is 0 Å². The van der Waals surface area contributed by atoms with E-state index < -0.39 is 0 Å². The molecule has 0 aliphatic heterocycles. The average Bonchev–Trinajstić information content (AvgIpc) is 2.57. The molecule has 2 aromatic rings. The van der Waals surface area contributed by atoms with Crippen LogP contribution in [0.25, 0.3) is 6.08 Å². The summed E-state index contributed by atoms with van der Waals surface area (Å²) < 4.78 is 10.8. The summed E-state index contributed by atoms with van der Waals surface area (Å²) in [6.07, 6.45) is 3.16. The van der Waals surface area contributed by atoms with E-state index in [-0.39, 0.29) is 5.91 Å². The molecule has 25 heavy (non-hydrogen) atoms. The highest BCUT2D eigenvalue weighted by molar-refractivity contribution is 6.32. The molecule has 0 atom stereocenters. The van der Waals surface area contributed by atoms with Crippen LogP contribution < -0.4 is 14.8 Å². The molecule has 1 amide bonds. The topological polar surface area (TPSA) is 47.6 Å². The van der Waals surface area contributed by atoms with Gasteiger partial charge in [-0.1, -0.05) is 29.8 Å². The number of carbonyl (C=O) groups excluding carboxylic acids is 1. The standard InChI is InChI=1S/C20H22ClNO3/c1-5-25-17-12-15(11-16(21)20(17)24-4)9-10-18(23)22-19-13(2)7-6-8-14(19)3/h6-12H,5H2,1-4H3,(H,22,23)/b10-9+. The van der Waals surface area contributed by atoms with E-state index in [1.54, 1.807) is 18.2 Å². The second-order valence-corrected chi connectivity index (χ2v) is 5.96. The molecule has 0 fully saturated rings. The SMILES string of the molecule is CCOc1cc(/C=C/C(=O)Nc2c(C)cccc2C)cc(Cl)c1OC. The van der Waals surface area contributed by atoms with Crippen molar-refractivity contribution in [3.05, 3.63) is 58.1 Å². The lowest BCUT2D eigenvalue weighted by atomic mass is 10.1. The van der Waals surface area contributed by atoms with Gasteiger partial charge in [0.15, 0.2) is 11.5 Å². The maximum absolute atomic E-state index is 12.2. The minimum absolute atomic E-state index is 0.206. The Labute approximate surface area is 153 Å². The molecule has 0 aliphatic carbocycles. The minimum Gasteiger partial charge on any atom is -0.491 e. The first-order valence-corrected chi connectivity index (χ1v) is 8.39. The van der Waals surface area contributed by atoms with Gasteiger partial charge in [0.05, 0.1) is 18.7 Å². The zero-order chi connectivity index (χ0) is 18.4. The van der Waals surface area contributed by atoms with Gasteiger partial charge >= 0.3 is 0 Å². The van der Waals surface area contributed by atoms with Crippen LogP contribution in [-0.2, 0) is 4.79 Å². The number of rotatable bonds is 6. The Kier molecular flexibility index (Phi) is 6.48. The Morgan fingerprint density at radius 1 is 1.24 bits per heavy atom. The van der Waals surface area contributed by atoms with E-state index in [0.717, 1.165) is 22.4 Å². The number of para-hydroxylation sites is 1. The second kappa shape index (κ2) is 8.58. The van der Waals surface area contributed by atoms with E-state index in [1.807, 2.05) is 39.0 Å². The number of methoxy groups -OCH3 is 1. The number of halogens is 1. The third-order valence-electron chi connectivity index (χ3n) is 3.69. The van der Waals surface area contributed by atoms with Crippen LogP contribution in [0.3, 0.4) is 0 Å². The Balaban J connectivity index is 2.19. The smallest absolute Gasteiger partial charge is 0.248 e. The number of carbonyl (C=O) groups is 1. The third-order valence-corrected chi connectivity index (χ3v) is 3.97. The molecule has 0 heterocycles. The van der Waals surface area contributed by atoms with Gasteiger partial charge in [0.2, 0.25) is 5.91 Å². The molecule has 132 valence electrons. The summed E-state index contributed by atoms with van der Waals surface area (Å²) in [7, 11) is 1.54. The molecule has 0 radical (unpaired) electrons. The van der Waals surface area contributed by atoms with Crippen molar-refractivity contribution in [1.82, 2.24) is 0 Å². The maximum Gasteiger partial charge on any atom is 0.248 e. The first-order chi connectivity index (χ1) is 12.0. The van der Waals surface area contributed by atoms with Crippen molar-refractivity contribution in [2.24, 2.45) is 0 Å². The monoisotopic (exact) mass is 359 g/mol. The van der Waals surface area contributed by atoms with Gasteiger partial charge in [0.1, 0.15) is 0 Å². The van der Waals surface area contributed by atoms with E-state index in [0.29, 0.717) is 23.1 Å². The second-order valence-electron chi connectivity index (χ2n) is 5.56. The van der Waals surface area contributed by atoms with Crippen molar-refractivity contribution in [3.63, 3.8) is 0 Å². The lowest BCUT2D eigenvalue weighted by molar-refractivity contribution is -0.111. The lowest BCUT2D eigenvalue weighted by Crippen LogP contribution is -2.10. The molecule has 0 saturated heterocycles. The van der Waals surface area contributed by atoms with Crippen molar-refractivity contribution in [3.8, 4) is 11.5 Å². The summed E-state index contributed by atoms with van der Waals surface area (Å²) in [6.45, 7) is 6.30. The highest BCUT2D eigenvalue weighted by Crippen LogP contribution is 2.36. The van der Waals surface area contributed by atoms with Crippen LogP contribution in [0, 0.1) is 13.8 Å². The van der Waals surface area contributed by atoms with Crippen molar-refractivity contribution < 1.29 is 14.3 Å². The quantitative estimate of drug-likeness (QED) is 0.737. The van der Waals surface area contributed by atoms with Gasteiger partial charge in [-0.25, -0.2) is 0 Å². The van der Waals surface area contributed by atoms with E-state index in [2.05, 4.69) is 5.32 Å². The summed E-state index contributed by atoms with van der Waals surface area (Å²) >= 11 is 6.22. The normalized spacial score (nSPS) is 10.8. The van der Waals surface area contributed by atoms with Gasteiger partial charge in [0.25, 0.3) is 0 Å². The molecule has 5 heteroatoms. The summed E-state index contributed by atoms with van der Waals surface area (Å²) in [5.41, 5.74) is 3.63. The van der Waals surface area contributed by atoms with Gasteiger partial charge in [-0.3, -0.25) is 4.79 Å². The number of nitrogens with one attached hydrogen (secondary N) is 1. The predicted octanol–water partition coefficient (Wildman–Crippen LogP) is 5.02. The van der Waals surface area contributed by atoms with E-state index >= 15 is 0 Å². The van der Waals surface area contributed by atoms with E-state index in [1.165, 1.54) is 13.2 Å². The lowest BCUT2D eigenvalue weighted by Gasteiger charge is -2.12. The zero-order valence-electron chi connectivity index (χ0n) is 14.9. The molecule has 0 unspecified atom stereocenters. The Morgan fingerprint density at radius 2 is 1.92 bits per heavy atom. The van der Waals surface area contributed by atoms with Crippen molar-refractivity contribution in [2.75, 3.05) is 19.0 Å². The van der Waals surface area contributed by atoms with Gasteiger partial charge < -0.3 is 14.8 Å². The Hall–Kier alpha value is -2.46. The number of aryl methyl sites for hydroxylation is 2. The van der Waals surface area contributed by atoms with Gasteiger partial charge in [0, 0.05) is 11.8 Å². The summed E-state index contributed by atoms with van der Waals surface area (Å²) in [4.78, 5) is 12.2. The molecule has 0 spiro atoms. The fraction of sp³-hybridized carbons (Fsp3) is 0.250. The average molecular weight is 360 g/mol. The molecular formula is C20H22ClNO3. The molecule has 0 aromatic heterocycles. The van der Waals surface area contributed by atoms with Gasteiger partial charge in [-0.05, 0) is 55.7 Å². The molecular weight excluding hydrogens is 338 g/mol. The predicted molar refractivity (Wildman–Crippen MR) is 103 cm³/mol. The molecule has 0 bridgehead atoms. The van der Waals surface area contributed by atoms with E-state index in [4.69, 9.17) is 21.1 Å². The van der Waals surface area contributed by atoms with Gasteiger partial charge in [-0.2, -0.15) is 0 Å². The van der Waals surface area contributed by atoms with Crippen LogP contribution in [-0.4, -0.2) is 19.6 Å². The maximum atomic E-state index is 12.2. The van der Waals surface area contributed by atoms with Crippen LogP contribution in [0.2, 0.25) is 5.02 Å². The number of ether oxygens (including phenoxy) is 2. The first-order valence-electron chi connectivity index (χ1n) is 8.01. The fourth-order valence-electron chi connectivity index (χ4n) is 2.49. The minimum atomic E-state index is -0.206. The van der Waals surface area contributed by atoms with Crippen LogP contribution in [0.5, 0.6) is 11.5 Å². The van der Waals surface area contributed by atoms with Crippen LogP contribution >= 0.6 is 11.6 Å². The van der Waals surface area contributed by atoms with Crippen LogP contribution in [0.4, 0.5) is 5.69 Å². The largest absolute Gasteiger partial charge is 0.491 e. The molecule has 0 saturated carbocycles. The molecule has 4 nitrogen and oxygen atoms in total. The third kappa shape index (κ3) is 4.77. The Bertz CT molecular complexity index is 780. The van der Waals surface area contributed by atoms with Crippen LogP contribution in [0.15, 0.2) is 36.4 Å². The van der Waals surface area contributed by atoms with Crippen LogP contribution in [0.1, 0.15) is 23.6 Å². The Morgan fingerprint density at radius 3 is 2.52 bits per heavy atom. The summed E-state index contributed by atoms with van der Waals surface area (Å²) in [5, 5.41) is 3.34. The molecule has 1 N–H and O–H groups in total. The van der Waals surface area contributed by atoms with Crippen molar-refractivity contribution in [1.29, 1.82) is 0 Å². The summed E-state index contributed by atoms with van der Waals surface area (Å²) in [5.74, 6) is 0.829. The summed E-state index contributed by atoms with van der Waals surface area (Å²) in [6, 6.07) is 9.40. The zero-order valence-corrected chi connectivity index (χ0v) is 15.6. The number of benzene rings is 2.